The lowest BCUT2D eigenvalue weighted by atomic mass is 9.90. The van der Waals surface area contributed by atoms with Crippen LogP contribution in [0.2, 0.25) is 0 Å². The van der Waals surface area contributed by atoms with Crippen molar-refractivity contribution >= 4 is 11.8 Å². The van der Waals surface area contributed by atoms with Gasteiger partial charge in [0.2, 0.25) is 11.8 Å². The molecule has 0 bridgehead atoms. The van der Waals surface area contributed by atoms with Crippen molar-refractivity contribution in [2.45, 2.75) is 77.2 Å². The van der Waals surface area contributed by atoms with Crippen LogP contribution in [0.3, 0.4) is 0 Å². The molecule has 1 aliphatic heterocycles. The topological polar surface area (TPSA) is 93.2 Å². The van der Waals surface area contributed by atoms with Crippen LogP contribution in [-0.2, 0) is 29.1 Å². The molecule has 1 saturated carbocycles. The van der Waals surface area contributed by atoms with Crippen molar-refractivity contribution in [2.24, 2.45) is 5.73 Å². The maximum Gasteiger partial charge on any atom is 0.243 e. The molecule has 160 valence electrons. The number of carbonyl (C=O) groups excluding carboxylic acids is 2. The lowest BCUT2D eigenvalue weighted by Gasteiger charge is -2.36. The maximum absolute atomic E-state index is 13.1. The maximum atomic E-state index is 13.1. The van der Waals surface area contributed by atoms with Crippen LogP contribution < -0.4 is 11.1 Å². The second-order valence-corrected chi connectivity index (χ2v) is 8.62. The predicted molar refractivity (Wildman–Crippen MR) is 115 cm³/mol. The number of aryl methyl sites for hydroxylation is 1. The summed E-state index contributed by atoms with van der Waals surface area (Å²) in [6, 6.07) is 7.70. The minimum Gasteiger partial charge on any atom is -0.350 e. The third-order valence-electron chi connectivity index (χ3n) is 6.57. The molecular formula is C23H31N5O2. The number of fused-ring (bicyclic) bond motifs is 1. The highest BCUT2D eigenvalue weighted by molar-refractivity contribution is 5.87. The molecular weight excluding hydrogens is 378 g/mol. The molecule has 2 amide bonds. The van der Waals surface area contributed by atoms with Crippen LogP contribution in [0.5, 0.6) is 0 Å². The zero-order valence-corrected chi connectivity index (χ0v) is 17.8. The molecule has 3 N–H and O–H groups in total. The van der Waals surface area contributed by atoms with Gasteiger partial charge in [0.15, 0.2) is 0 Å². The molecule has 7 heteroatoms. The highest BCUT2D eigenvalue weighted by Crippen LogP contribution is 2.25. The minimum absolute atomic E-state index is 0.0130. The third-order valence-corrected chi connectivity index (χ3v) is 6.57. The van der Waals surface area contributed by atoms with Gasteiger partial charge >= 0.3 is 0 Å². The standard InChI is InChI=1S/C23H31N5O2/c1-15-7-3-4-8-17(15)12-27-14-25-20-11-21(28(16(2)29)13-22(20)27)23(30)26-19-10-6-5-9-18(19)24/h3-4,7-8,14,18-19,21H,5-6,9-13,24H2,1-2H3,(H,26,30). The van der Waals surface area contributed by atoms with Gasteiger partial charge in [0.25, 0.3) is 0 Å². The van der Waals surface area contributed by atoms with E-state index >= 15 is 0 Å². The Balaban J connectivity index is 1.54. The lowest BCUT2D eigenvalue weighted by molar-refractivity contribution is -0.140. The molecule has 4 rings (SSSR count). The van der Waals surface area contributed by atoms with Crippen molar-refractivity contribution in [2.75, 3.05) is 0 Å². The average molecular weight is 410 g/mol. The van der Waals surface area contributed by atoms with Crippen molar-refractivity contribution in [3.63, 3.8) is 0 Å². The number of nitrogens with two attached hydrogens (primary N) is 1. The second-order valence-electron chi connectivity index (χ2n) is 8.62. The Bertz CT molecular complexity index is 937. The van der Waals surface area contributed by atoms with Crippen LogP contribution in [0.15, 0.2) is 30.6 Å². The summed E-state index contributed by atoms with van der Waals surface area (Å²) in [5, 5.41) is 3.12. The first kappa shape index (κ1) is 20.6. The van der Waals surface area contributed by atoms with Crippen LogP contribution in [0.4, 0.5) is 0 Å². The Labute approximate surface area is 177 Å². The normalized spacial score (nSPS) is 23.7. The predicted octanol–water partition coefficient (Wildman–Crippen LogP) is 1.90. The van der Waals surface area contributed by atoms with Gasteiger partial charge in [-0.05, 0) is 30.9 Å². The fraction of sp³-hybridized carbons (Fsp3) is 0.522. The van der Waals surface area contributed by atoms with Gasteiger partial charge in [0.05, 0.1) is 24.3 Å². The van der Waals surface area contributed by atoms with Gasteiger partial charge in [0, 0.05) is 32.0 Å². The van der Waals surface area contributed by atoms with Crippen LogP contribution in [0.25, 0.3) is 0 Å². The van der Waals surface area contributed by atoms with Gasteiger partial charge in [-0.3, -0.25) is 9.59 Å². The zero-order chi connectivity index (χ0) is 21.3. The number of benzene rings is 1. The summed E-state index contributed by atoms with van der Waals surface area (Å²) in [7, 11) is 0. The van der Waals surface area contributed by atoms with Gasteiger partial charge < -0.3 is 20.5 Å². The van der Waals surface area contributed by atoms with Crippen LogP contribution in [-0.4, -0.2) is 44.4 Å². The van der Waals surface area contributed by atoms with Crippen molar-refractivity contribution in [3.8, 4) is 0 Å². The van der Waals surface area contributed by atoms with Gasteiger partial charge in [-0.15, -0.1) is 0 Å². The van der Waals surface area contributed by atoms with E-state index in [0.29, 0.717) is 19.5 Å². The van der Waals surface area contributed by atoms with E-state index in [1.54, 1.807) is 4.90 Å². The number of carbonyl (C=O) groups is 2. The number of nitrogens with zero attached hydrogens (tertiary/aromatic N) is 3. The fourth-order valence-corrected chi connectivity index (χ4v) is 4.66. The molecule has 2 aliphatic rings. The van der Waals surface area contributed by atoms with E-state index in [4.69, 9.17) is 5.73 Å². The van der Waals surface area contributed by atoms with Crippen LogP contribution in [0.1, 0.15) is 55.1 Å². The summed E-state index contributed by atoms with van der Waals surface area (Å²) in [4.78, 5) is 31.8. The molecule has 3 unspecified atom stereocenters. The Kier molecular flexibility index (Phi) is 5.90. The zero-order valence-electron chi connectivity index (χ0n) is 17.8. The molecule has 7 nitrogen and oxygen atoms in total. The van der Waals surface area contributed by atoms with E-state index in [0.717, 1.165) is 37.1 Å². The largest absolute Gasteiger partial charge is 0.350 e. The quantitative estimate of drug-likeness (QED) is 0.807. The number of amides is 2. The Morgan fingerprint density at radius 3 is 2.73 bits per heavy atom. The summed E-state index contributed by atoms with van der Waals surface area (Å²) in [6.07, 6.45) is 6.27. The molecule has 0 radical (unpaired) electrons. The monoisotopic (exact) mass is 409 g/mol. The van der Waals surface area contributed by atoms with Crippen molar-refractivity contribution < 1.29 is 9.59 Å². The van der Waals surface area contributed by atoms with Crippen molar-refractivity contribution in [1.82, 2.24) is 19.8 Å². The summed E-state index contributed by atoms with van der Waals surface area (Å²) < 4.78 is 2.10. The van der Waals surface area contributed by atoms with Crippen LogP contribution in [0, 0.1) is 6.92 Å². The average Bonchev–Trinajstić information content (AvgIpc) is 3.12. The van der Waals surface area contributed by atoms with Gasteiger partial charge in [-0.1, -0.05) is 37.1 Å². The molecule has 1 aromatic heterocycles. The van der Waals surface area contributed by atoms with Crippen molar-refractivity contribution in [1.29, 1.82) is 0 Å². The molecule has 30 heavy (non-hydrogen) atoms. The first-order chi connectivity index (χ1) is 14.4. The summed E-state index contributed by atoms with van der Waals surface area (Å²) in [5.41, 5.74) is 10.6. The first-order valence-corrected chi connectivity index (χ1v) is 10.8. The van der Waals surface area contributed by atoms with E-state index in [1.165, 1.54) is 18.1 Å². The van der Waals surface area contributed by atoms with E-state index in [2.05, 4.69) is 33.9 Å². The Morgan fingerprint density at radius 1 is 1.23 bits per heavy atom. The number of hydrogen-bond donors (Lipinski definition) is 2. The molecule has 2 aromatic rings. The molecule has 1 aliphatic carbocycles. The first-order valence-electron chi connectivity index (χ1n) is 10.8. The number of hydrogen-bond acceptors (Lipinski definition) is 4. The molecule has 1 aromatic carbocycles. The molecule has 0 spiro atoms. The fourth-order valence-electron chi connectivity index (χ4n) is 4.66. The smallest absolute Gasteiger partial charge is 0.243 e. The molecule has 2 heterocycles. The second kappa shape index (κ2) is 8.60. The Hall–Kier alpha value is -2.67. The Morgan fingerprint density at radius 2 is 2.00 bits per heavy atom. The minimum atomic E-state index is -0.536. The summed E-state index contributed by atoms with van der Waals surface area (Å²) in [6.45, 7) is 4.72. The lowest BCUT2D eigenvalue weighted by Crippen LogP contribution is -2.57. The molecule has 3 atom stereocenters. The highest BCUT2D eigenvalue weighted by Gasteiger charge is 2.37. The van der Waals surface area contributed by atoms with Crippen LogP contribution >= 0.6 is 0 Å². The highest BCUT2D eigenvalue weighted by atomic mass is 16.2. The summed E-state index contributed by atoms with van der Waals surface area (Å²) >= 11 is 0. The molecule has 0 saturated heterocycles. The van der Waals surface area contributed by atoms with E-state index < -0.39 is 6.04 Å². The summed E-state index contributed by atoms with van der Waals surface area (Å²) in [5.74, 6) is -0.218. The third kappa shape index (κ3) is 4.12. The van der Waals surface area contributed by atoms with E-state index in [-0.39, 0.29) is 23.9 Å². The van der Waals surface area contributed by atoms with Gasteiger partial charge in [-0.2, -0.15) is 0 Å². The van der Waals surface area contributed by atoms with E-state index in [1.807, 2.05) is 18.5 Å². The number of nitrogens with one attached hydrogen (secondary N) is 1. The van der Waals surface area contributed by atoms with Gasteiger partial charge in [-0.25, -0.2) is 4.98 Å². The van der Waals surface area contributed by atoms with E-state index in [9.17, 15) is 9.59 Å². The number of aromatic nitrogens is 2. The van der Waals surface area contributed by atoms with Gasteiger partial charge in [0.1, 0.15) is 6.04 Å². The number of imidazole rings is 1. The van der Waals surface area contributed by atoms with Crippen molar-refractivity contribution in [3.05, 3.63) is 53.1 Å². The molecule has 1 fully saturated rings. The number of rotatable bonds is 4. The SMILES string of the molecule is CC(=O)N1Cc2c(ncn2Cc2ccccc2C)CC1C(=O)NC1CCCCC1N.